The van der Waals surface area contributed by atoms with E-state index in [-0.39, 0.29) is 0 Å². The maximum atomic E-state index is 5.67. The minimum Gasteiger partial charge on any atom is -0.389 e. The van der Waals surface area contributed by atoms with E-state index in [1.54, 1.807) is 0 Å². The fourth-order valence-corrected chi connectivity index (χ4v) is 2.87. The topological polar surface area (TPSA) is 29.3 Å². The van der Waals surface area contributed by atoms with Crippen LogP contribution in [0.4, 0.5) is 0 Å². The van der Waals surface area contributed by atoms with E-state index in [2.05, 4.69) is 30.9 Å². The zero-order chi connectivity index (χ0) is 13.8. The first-order valence-corrected chi connectivity index (χ1v) is 7.59. The standard InChI is InChI=1S/C16H24N2S/c1-12-4-3-8-18(9-7-12)11-15-6-5-14(16(17)19)10-13(15)2/h5-6,10,12H,3-4,7-9,11H2,1-2H3,(H2,17,19). The highest BCUT2D eigenvalue weighted by molar-refractivity contribution is 7.80. The summed E-state index contributed by atoms with van der Waals surface area (Å²) in [7, 11) is 0. The van der Waals surface area contributed by atoms with Gasteiger partial charge in [-0.15, -0.1) is 0 Å². The number of aryl methyl sites for hydroxylation is 1. The zero-order valence-corrected chi connectivity index (χ0v) is 12.8. The Bertz CT molecular complexity index is 456. The van der Waals surface area contributed by atoms with E-state index in [4.69, 9.17) is 18.0 Å². The van der Waals surface area contributed by atoms with Gasteiger partial charge in [0.1, 0.15) is 4.99 Å². The number of hydrogen-bond acceptors (Lipinski definition) is 2. The van der Waals surface area contributed by atoms with Crippen molar-refractivity contribution in [2.75, 3.05) is 13.1 Å². The van der Waals surface area contributed by atoms with Gasteiger partial charge in [-0.1, -0.05) is 31.3 Å². The number of rotatable bonds is 3. The molecule has 0 radical (unpaired) electrons. The van der Waals surface area contributed by atoms with Gasteiger partial charge in [0.2, 0.25) is 0 Å². The summed E-state index contributed by atoms with van der Waals surface area (Å²) < 4.78 is 0. The van der Waals surface area contributed by atoms with Crippen molar-refractivity contribution in [1.82, 2.24) is 4.90 Å². The third kappa shape index (κ3) is 4.02. The molecule has 1 aromatic carbocycles. The number of likely N-dealkylation sites (tertiary alicyclic amines) is 1. The van der Waals surface area contributed by atoms with E-state index in [0.717, 1.165) is 18.0 Å². The molecule has 1 heterocycles. The van der Waals surface area contributed by atoms with E-state index >= 15 is 0 Å². The van der Waals surface area contributed by atoms with Crippen LogP contribution in [0.3, 0.4) is 0 Å². The summed E-state index contributed by atoms with van der Waals surface area (Å²) in [5.74, 6) is 0.878. The van der Waals surface area contributed by atoms with Crippen LogP contribution >= 0.6 is 12.2 Å². The Morgan fingerprint density at radius 3 is 2.84 bits per heavy atom. The van der Waals surface area contributed by atoms with E-state index in [0.29, 0.717) is 4.99 Å². The van der Waals surface area contributed by atoms with Crippen molar-refractivity contribution in [2.45, 2.75) is 39.7 Å². The van der Waals surface area contributed by atoms with E-state index in [1.807, 2.05) is 6.07 Å². The first kappa shape index (κ1) is 14.5. The minimum atomic E-state index is 0.484. The molecule has 19 heavy (non-hydrogen) atoms. The molecule has 0 aromatic heterocycles. The van der Waals surface area contributed by atoms with Crippen molar-refractivity contribution < 1.29 is 0 Å². The number of nitrogens with zero attached hydrogens (tertiary/aromatic N) is 1. The number of thiocarbonyl (C=S) groups is 1. The normalized spacial score (nSPS) is 21.1. The Morgan fingerprint density at radius 2 is 2.16 bits per heavy atom. The SMILES string of the molecule is Cc1cc(C(N)=S)ccc1CN1CCCC(C)CC1. The summed E-state index contributed by atoms with van der Waals surface area (Å²) in [6, 6.07) is 6.33. The first-order valence-electron chi connectivity index (χ1n) is 7.18. The van der Waals surface area contributed by atoms with E-state index < -0.39 is 0 Å². The summed E-state index contributed by atoms with van der Waals surface area (Å²) in [6.07, 6.45) is 4.02. The second kappa shape index (κ2) is 6.49. The van der Waals surface area contributed by atoms with Crippen molar-refractivity contribution >= 4 is 17.2 Å². The van der Waals surface area contributed by atoms with Gasteiger partial charge in [0.25, 0.3) is 0 Å². The third-order valence-electron chi connectivity index (χ3n) is 4.13. The lowest BCUT2D eigenvalue weighted by Gasteiger charge is -2.21. The van der Waals surface area contributed by atoms with Gasteiger partial charge >= 0.3 is 0 Å². The van der Waals surface area contributed by atoms with Crippen LogP contribution in [0.5, 0.6) is 0 Å². The van der Waals surface area contributed by atoms with Gasteiger partial charge in [-0.05, 0) is 62.4 Å². The van der Waals surface area contributed by atoms with E-state index in [1.165, 1.54) is 43.5 Å². The number of benzene rings is 1. The maximum Gasteiger partial charge on any atom is 0.103 e. The van der Waals surface area contributed by atoms with Crippen molar-refractivity contribution in [3.63, 3.8) is 0 Å². The average Bonchev–Trinajstić information content (AvgIpc) is 2.57. The maximum absolute atomic E-state index is 5.67. The van der Waals surface area contributed by atoms with Gasteiger partial charge in [0.15, 0.2) is 0 Å². The predicted octanol–water partition coefficient (Wildman–Crippen LogP) is 3.25. The lowest BCUT2D eigenvalue weighted by Crippen LogP contribution is -2.24. The molecule has 1 unspecified atom stereocenters. The van der Waals surface area contributed by atoms with Crippen molar-refractivity contribution in [2.24, 2.45) is 11.7 Å². The van der Waals surface area contributed by atoms with Crippen molar-refractivity contribution in [1.29, 1.82) is 0 Å². The zero-order valence-electron chi connectivity index (χ0n) is 12.0. The molecule has 3 heteroatoms. The Morgan fingerprint density at radius 1 is 1.37 bits per heavy atom. The van der Waals surface area contributed by atoms with Gasteiger partial charge in [-0.25, -0.2) is 0 Å². The molecule has 1 aliphatic rings. The second-order valence-corrected chi connectivity index (χ2v) is 6.26. The predicted molar refractivity (Wildman–Crippen MR) is 85.4 cm³/mol. The molecule has 2 rings (SSSR count). The van der Waals surface area contributed by atoms with Gasteiger partial charge in [0, 0.05) is 12.1 Å². The Labute approximate surface area is 122 Å². The molecule has 1 fully saturated rings. The van der Waals surface area contributed by atoms with Crippen molar-refractivity contribution in [3.8, 4) is 0 Å². The molecule has 1 saturated heterocycles. The van der Waals surface area contributed by atoms with Crippen molar-refractivity contribution in [3.05, 3.63) is 34.9 Å². The van der Waals surface area contributed by atoms with Crippen LogP contribution in [0.15, 0.2) is 18.2 Å². The molecule has 0 bridgehead atoms. The average molecular weight is 276 g/mol. The molecule has 104 valence electrons. The van der Waals surface area contributed by atoms with Gasteiger partial charge in [0.05, 0.1) is 0 Å². The fraction of sp³-hybridized carbons (Fsp3) is 0.562. The number of hydrogen-bond donors (Lipinski definition) is 1. The quantitative estimate of drug-likeness (QED) is 0.859. The molecule has 1 aliphatic heterocycles. The van der Waals surface area contributed by atoms with E-state index in [9.17, 15) is 0 Å². The van der Waals surface area contributed by atoms with Crippen LogP contribution in [0.2, 0.25) is 0 Å². The first-order chi connectivity index (χ1) is 9.06. The lowest BCUT2D eigenvalue weighted by molar-refractivity contribution is 0.273. The molecule has 1 aromatic rings. The molecular formula is C16H24N2S. The Hall–Kier alpha value is -0.930. The molecule has 1 atom stereocenters. The third-order valence-corrected chi connectivity index (χ3v) is 4.37. The van der Waals surface area contributed by atoms with Gasteiger partial charge in [-0.3, -0.25) is 4.90 Å². The highest BCUT2D eigenvalue weighted by Gasteiger charge is 2.14. The van der Waals surface area contributed by atoms with Gasteiger partial charge < -0.3 is 5.73 Å². The summed E-state index contributed by atoms with van der Waals surface area (Å²) in [6.45, 7) is 8.01. The highest BCUT2D eigenvalue weighted by Crippen LogP contribution is 2.20. The second-order valence-electron chi connectivity index (χ2n) is 5.82. The lowest BCUT2D eigenvalue weighted by atomic mass is 10.0. The number of nitrogens with two attached hydrogens (primary N) is 1. The Kier molecular flexibility index (Phi) is 4.94. The van der Waals surface area contributed by atoms with Crippen LogP contribution in [-0.2, 0) is 6.54 Å². The monoisotopic (exact) mass is 276 g/mol. The smallest absolute Gasteiger partial charge is 0.103 e. The molecule has 0 amide bonds. The van der Waals surface area contributed by atoms with Crippen LogP contribution in [-0.4, -0.2) is 23.0 Å². The summed E-state index contributed by atoms with van der Waals surface area (Å²) in [4.78, 5) is 3.06. The van der Waals surface area contributed by atoms with Gasteiger partial charge in [-0.2, -0.15) is 0 Å². The minimum absolute atomic E-state index is 0.484. The largest absolute Gasteiger partial charge is 0.389 e. The molecule has 2 nitrogen and oxygen atoms in total. The molecule has 0 spiro atoms. The molecule has 0 aliphatic carbocycles. The summed E-state index contributed by atoms with van der Waals surface area (Å²) >= 11 is 5.02. The van der Waals surface area contributed by atoms with Crippen LogP contribution in [0.1, 0.15) is 42.9 Å². The molecule has 2 N–H and O–H groups in total. The van der Waals surface area contributed by atoms with Crippen LogP contribution in [0, 0.1) is 12.8 Å². The Balaban J connectivity index is 2.04. The summed E-state index contributed by atoms with van der Waals surface area (Å²) in [5.41, 5.74) is 9.34. The molecular weight excluding hydrogens is 252 g/mol. The fourth-order valence-electron chi connectivity index (χ4n) is 2.75. The molecule has 0 saturated carbocycles. The highest BCUT2D eigenvalue weighted by atomic mass is 32.1. The van der Waals surface area contributed by atoms with Crippen LogP contribution in [0.25, 0.3) is 0 Å². The van der Waals surface area contributed by atoms with Crippen LogP contribution < -0.4 is 5.73 Å². The summed E-state index contributed by atoms with van der Waals surface area (Å²) in [5, 5.41) is 0.